The molecular formula is C16H17ClNO+. The molecule has 0 aliphatic rings. The van der Waals surface area contributed by atoms with Crippen LogP contribution < -0.4 is 4.57 Å². The molecule has 19 heavy (non-hydrogen) atoms. The summed E-state index contributed by atoms with van der Waals surface area (Å²) in [5, 5.41) is 0.726. The van der Waals surface area contributed by atoms with Gasteiger partial charge in [-0.2, -0.15) is 4.57 Å². The number of rotatable bonds is 4. The lowest BCUT2D eigenvalue weighted by atomic mass is 9.98. The fourth-order valence-corrected chi connectivity index (χ4v) is 2.54. The molecule has 0 aliphatic carbocycles. The SMILES string of the molecule is Cc1cc(Cl)cc(C)c1CC(=O)C[n+]1ccccc1. The van der Waals surface area contributed by atoms with Crippen LogP contribution in [0.3, 0.4) is 0 Å². The van der Waals surface area contributed by atoms with E-state index in [2.05, 4.69) is 0 Å². The molecule has 0 unspecified atom stereocenters. The summed E-state index contributed by atoms with van der Waals surface area (Å²) in [5.74, 6) is 0.199. The number of Topliss-reactive ketones (excluding diaryl/α,β-unsaturated/α-hetero) is 1. The van der Waals surface area contributed by atoms with Crippen LogP contribution in [0.4, 0.5) is 0 Å². The van der Waals surface area contributed by atoms with E-state index in [1.54, 1.807) is 0 Å². The van der Waals surface area contributed by atoms with Crippen LogP contribution in [-0.2, 0) is 17.8 Å². The molecule has 0 N–H and O–H groups in total. The highest BCUT2D eigenvalue weighted by atomic mass is 35.5. The Hall–Kier alpha value is -1.67. The second-order valence-corrected chi connectivity index (χ2v) is 5.22. The minimum absolute atomic E-state index is 0.199. The van der Waals surface area contributed by atoms with Crippen molar-refractivity contribution in [3.63, 3.8) is 0 Å². The number of hydrogen-bond donors (Lipinski definition) is 0. The van der Waals surface area contributed by atoms with Gasteiger partial charge in [-0.1, -0.05) is 17.7 Å². The van der Waals surface area contributed by atoms with Crippen LogP contribution in [0.15, 0.2) is 42.7 Å². The number of pyridine rings is 1. The maximum Gasteiger partial charge on any atom is 0.206 e. The predicted molar refractivity (Wildman–Crippen MR) is 76.3 cm³/mol. The molecule has 2 nitrogen and oxygen atoms in total. The Balaban J connectivity index is 2.12. The second-order valence-electron chi connectivity index (χ2n) is 4.78. The van der Waals surface area contributed by atoms with E-state index in [1.807, 2.05) is 61.1 Å². The van der Waals surface area contributed by atoms with E-state index >= 15 is 0 Å². The minimum Gasteiger partial charge on any atom is -0.292 e. The van der Waals surface area contributed by atoms with Crippen molar-refractivity contribution in [3.05, 3.63) is 64.4 Å². The first kappa shape index (κ1) is 13.8. The number of carbonyl (C=O) groups excluding carboxylic acids is 1. The Morgan fingerprint density at radius 1 is 1.11 bits per heavy atom. The quantitative estimate of drug-likeness (QED) is 0.785. The molecule has 0 spiro atoms. The van der Waals surface area contributed by atoms with Crippen LogP contribution in [0.2, 0.25) is 5.02 Å². The van der Waals surface area contributed by atoms with E-state index in [9.17, 15) is 4.79 Å². The molecule has 0 fully saturated rings. The van der Waals surface area contributed by atoms with Crippen molar-refractivity contribution in [2.24, 2.45) is 0 Å². The molecule has 0 saturated carbocycles. The summed E-state index contributed by atoms with van der Waals surface area (Å²) in [5.41, 5.74) is 3.25. The van der Waals surface area contributed by atoms with E-state index in [1.165, 1.54) is 0 Å². The molecule has 0 saturated heterocycles. The van der Waals surface area contributed by atoms with E-state index < -0.39 is 0 Å². The number of carbonyl (C=O) groups is 1. The van der Waals surface area contributed by atoms with Gasteiger partial charge in [0.05, 0.1) is 0 Å². The third kappa shape index (κ3) is 3.65. The molecule has 2 rings (SSSR count). The van der Waals surface area contributed by atoms with Crippen molar-refractivity contribution in [2.45, 2.75) is 26.8 Å². The summed E-state index contributed by atoms with van der Waals surface area (Å²) in [6.45, 7) is 4.40. The monoisotopic (exact) mass is 274 g/mol. The Kier molecular flexibility index (Phi) is 4.33. The third-order valence-corrected chi connectivity index (χ3v) is 3.39. The van der Waals surface area contributed by atoms with E-state index in [4.69, 9.17) is 11.6 Å². The fraction of sp³-hybridized carbons (Fsp3) is 0.250. The van der Waals surface area contributed by atoms with Gasteiger partial charge < -0.3 is 0 Å². The molecule has 0 amide bonds. The van der Waals surface area contributed by atoms with Gasteiger partial charge in [-0.05, 0) is 42.7 Å². The average molecular weight is 275 g/mol. The maximum absolute atomic E-state index is 12.1. The minimum atomic E-state index is 0.199. The molecule has 2 aromatic rings. The average Bonchev–Trinajstić information content (AvgIpc) is 2.35. The Morgan fingerprint density at radius 3 is 2.26 bits per heavy atom. The van der Waals surface area contributed by atoms with Gasteiger partial charge in [0, 0.05) is 23.6 Å². The van der Waals surface area contributed by atoms with E-state index in [0.29, 0.717) is 13.0 Å². The lowest BCUT2D eigenvalue weighted by molar-refractivity contribution is -0.684. The first-order valence-electron chi connectivity index (χ1n) is 6.27. The molecule has 1 aromatic carbocycles. The molecule has 0 radical (unpaired) electrons. The summed E-state index contributed by atoms with van der Waals surface area (Å²) < 4.78 is 1.89. The fourth-order valence-electron chi connectivity index (χ4n) is 2.22. The van der Waals surface area contributed by atoms with Gasteiger partial charge in [0.15, 0.2) is 12.4 Å². The maximum atomic E-state index is 12.1. The zero-order valence-corrected chi connectivity index (χ0v) is 11.9. The van der Waals surface area contributed by atoms with E-state index in [0.717, 1.165) is 21.7 Å². The zero-order chi connectivity index (χ0) is 13.8. The van der Waals surface area contributed by atoms with Crippen molar-refractivity contribution in [1.82, 2.24) is 0 Å². The molecule has 1 aromatic heterocycles. The summed E-state index contributed by atoms with van der Waals surface area (Å²) in [4.78, 5) is 12.1. The topological polar surface area (TPSA) is 20.9 Å². The molecule has 0 atom stereocenters. The van der Waals surface area contributed by atoms with Crippen LogP contribution in [0.1, 0.15) is 16.7 Å². The molecule has 1 heterocycles. The summed E-state index contributed by atoms with van der Waals surface area (Å²) in [6.07, 6.45) is 4.26. The second kappa shape index (κ2) is 5.98. The number of aromatic nitrogens is 1. The van der Waals surface area contributed by atoms with Crippen LogP contribution in [0.5, 0.6) is 0 Å². The number of hydrogen-bond acceptors (Lipinski definition) is 1. The molecular weight excluding hydrogens is 258 g/mol. The van der Waals surface area contributed by atoms with Crippen molar-refractivity contribution in [2.75, 3.05) is 0 Å². The van der Waals surface area contributed by atoms with Gasteiger partial charge in [-0.3, -0.25) is 4.79 Å². The molecule has 98 valence electrons. The summed E-state index contributed by atoms with van der Waals surface area (Å²) >= 11 is 6.00. The van der Waals surface area contributed by atoms with E-state index in [-0.39, 0.29) is 5.78 Å². The van der Waals surface area contributed by atoms with Gasteiger partial charge in [-0.15, -0.1) is 0 Å². The van der Waals surface area contributed by atoms with Crippen molar-refractivity contribution < 1.29 is 9.36 Å². The zero-order valence-electron chi connectivity index (χ0n) is 11.2. The Bertz CT molecular complexity index is 570. The molecule has 3 heteroatoms. The first-order valence-corrected chi connectivity index (χ1v) is 6.65. The number of nitrogens with zero attached hydrogens (tertiary/aromatic N) is 1. The summed E-state index contributed by atoms with van der Waals surface area (Å²) in [7, 11) is 0. The van der Waals surface area contributed by atoms with Crippen molar-refractivity contribution in [1.29, 1.82) is 0 Å². The summed E-state index contributed by atoms with van der Waals surface area (Å²) in [6, 6.07) is 9.60. The van der Waals surface area contributed by atoms with Gasteiger partial charge in [0.25, 0.3) is 0 Å². The highest BCUT2D eigenvalue weighted by molar-refractivity contribution is 6.30. The molecule has 0 bridgehead atoms. The van der Waals surface area contributed by atoms with Crippen LogP contribution in [0.25, 0.3) is 0 Å². The van der Waals surface area contributed by atoms with Gasteiger partial charge in [0.2, 0.25) is 12.3 Å². The predicted octanol–water partition coefficient (Wildman–Crippen LogP) is 3.06. The highest BCUT2D eigenvalue weighted by Gasteiger charge is 2.13. The van der Waals surface area contributed by atoms with Crippen LogP contribution in [0, 0.1) is 13.8 Å². The van der Waals surface area contributed by atoms with Gasteiger partial charge in [-0.25, -0.2) is 0 Å². The first-order chi connectivity index (χ1) is 9.06. The van der Waals surface area contributed by atoms with Crippen LogP contribution >= 0.6 is 11.6 Å². The van der Waals surface area contributed by atoms with Gasteiger partial charge in [0.1, 0.15) is 0 Å². The van der Waals surface area contributed by atoms with Gasteiger partial charge >= 0.3 is 0 Å². The normalized spacial score (nSPS) is 10.5. The smallest absolute Gasteiger partial charge is 0.206 e. The largest absolute Gasteiger partial charge is 0.292 e. The number of aryl methyl sites for hydroxylation is 2. The number of halogens is 1. The number of ketones is 1. The number of benzene rings is 1. The third-order valence-electron chi connectivity index (χ3n) is 3.17. The van der Waals surface area contributed by atoms with Crippen molar-refractivity contribution in [3.8, 4) is 0 Å². The lowest BCUT2D eigenvalue weighted by Crippen LogP contribution is -2.37. The standard InChI is InChI=1S/C16H17ClNO/c1-12-8-14(17)9-13(2)16(12)10-15(19)11-18-6-4-3-5-7-18/h3-9H,10-11H2,1-2H3/q+1. The van der Waals surface area contributed by atoms with Crippen LogP contribution in [-0.4, -0.2) is 5.78 Å². The Morgan fingerprint density at radius 2 is 1.68 bits per heavy atom. The van der Waals surface area contributed by atoms with Crippen molar-refractivity contribution >= 4 is 17.4 Å². The molecule has 0 aliphatic heterocycles. The highest BCUT2D eigenvalue weighted by Crippen LogP contribution is 2.20. The Labute approximate surface area is 118 Å². The lowest BCUT2D eigenvalue weighted by Gasteiger charge is -2.09.